The molecule has 13 heavy (non-hydrogen) atoms. The van der Waals surface area contributed by atoms with Crippen molar-refractivity contribution in [2.45, 2.75) is 32.7 Å². The van der Waals surface area contributed by atoms with E-state index in [-0.39, 0.29) is 4.87 Å². The van der Waals surface area contributed by atoms with Crippen LogP contribution in [0.3, 0.4) is 0 Å². The van der Waals surface area contributed by atoms with E-state index < -0.39 is 0 Å². The summed E-state index contributed by atoms with van der Waals surface area (Å²) in [6, 6.07) is 0. The molecule has 0 saturated heterocycles. The molecule has 0 aliphatic heterocycles. The van der Waals surface area contributed by atoms with Gasteiger partial charge in [-0.15, -0.1) is 0 Å². The third-order valence-corrected chi connectivity index (χ3v) is 3.02. The summed E-state index contributed by atoms with van der Waals surface area (Å²) in [5.74, 6) is 0. The van der Waals surface area contributed by atoms with Gasteiger partial charge in [0, 0.05) is 0 Å². The van der Waals surface area contributed by atoms with Crippen molar-refractivity contribution in [2.75, 3.05) is 0 Å². The molecule has 3 nitrogen and oxygen atoms in total. The van der Waals surface area contributed by atoms with Crippen molar-refractivity contribution in [1.29, 1.82) is 0 Å². The summed E-state index contributed by atoms with van der Waals surface area (Å²) in [6.07, 6.45) is 5.84. The van der Waals surface area contributed by atoms with Crippen LogP contribution in [-0.2, 0) is 6.54 Å². The molecule has 4 heteroatoms. The minimum atomic E-state index is 0.0497. The lowest BCUT2D eigenvalue weighted by Crippen LogP contribution is -2.14. The minimum Gasteiger partial charge on any atom is -0.255 e. The lowest BCUT2D eigenvalue weighted by molar-refractivity contribution is 0.624. The molecule has 0 aromatic carbocycles. The average molecular weight is 196 g/mol. The maximum absolute atomic E-state index is 11.2. The predicted molar refractivity (Wildman–Crippen MR) is 53.0 cm³/mol. The van der Waals surface area contributed by atoms with Gasteiger partial charge < -0.3 is 0 Å². The Kier molecular flexibility index (Phi) is 2.31. The molecule has 1 aliphatic rings. The Morgan fingerprint density at radius 2 is 2.38 bits per heavy atom. The maximum Gasteiger partial charge on any atom is 0.325 e. The van der Waals surface area contributed by atoms with Gasteiger partial charge in [0.25, 0.3) is 0 Å². The Morgan fingerprint density at radius 1 is 1.62 bits per heavy atom. The van der Waals surface area contributed by atoms with Crippen molar-refractivity contribution < 1.29 is 0 Å². The predicted octanol–water partition coefficient (Wildman–Crippen LogP) is 1.72. The first kappa shape index (κ1) is 8.69. The second kappa shape index (κ2) is 3.46. The van der Waals surface area contributed by atoms with Gasteiger partial charge in [-0.05, 0) is 26.2 Å². The molecule has 1 aliphatic carbocycles. The molecule has 0 amide bonds. The van der Waals surface area contributed by atoms with E-state index >= 15 is 0 Å². The number of hydrogen-bond donors (Lipinski definition) is 0. The SMILES string of the molecule is Cc1nn(CC=C2CCC2)c(=O)s1. The molecule has 2 rings (SSSR count). The Morgan fingerprint density at radius 3 is 2.85 bits per heavy atom. The molecule has 0 atom stereocenters. The summed E-state index contributed by atoms with van der Waals surface area (Å²) in [7, 11) is 0. The van der Waals surface area contributed by atoms with Gasteiger partial charge >= 0.3 is 4.87 Å². The first-order chi connectivity index (χ1) is 6.25. The molecular formula is C9H12N2OS. The highest BCUT2D eigenvalue weighted by Crippen LogP contribution is 2.24. The topological polar surface area (TPSA) is 34.9 Å². The van der Waals surface area contributed by atoms with E-state index in [1.807, 2.05) is 6.92 Å². The van der Waals surface area contributed by atoms with Crippen LogP contribution in [0.5, 0.6) is 0 Å². The highest BCUT2D eigenvalue weighted by Gasteiger charge is 2.08. The Hall–Kier alpha value is -0.900. The van der Waals surface area contributed by atoms with Crippen LogP contribution in [0.25, 0.3) is 0 Å². The van der Waals surface area contributed by atoms with Crippen LogP contribution in [0.15, 0.2) is 16.4 Å². The molecule has 0 radical (unpaired) electrons. The highest BCUT2D eigenvalue weighted by atomic mass is 32.1. The van der Waals surface area contributed by atoms with Crippen molar-refractivity contribution >= 4 is 11.3 Å². The van der Waals surface area contributed by atoms with E-state index in [1.165, 1.54) is 40.9 Å². The number of allylic oxidation sites excluding steroid dienone is 2. The third-order valence-electron chi connectivity index (χ3n) is 2.26. The fraction of sp³-hybridized carbons (Fsp3) is 0.556. The fourth-order valence-corrected chi connectivity index (χ4v) is 1.94. The molecule has 1 aromatic rings. The second-order valence-electron chi connectivity index (χ2n) is 3.29. The van der Waals surface area contributed by atoms with Gasteiger partial charge in [-0.1, -0.05) is 23.0 Å². The number of hydrogen-bond acceptors (Lipinski definition) is 3. The van der Waals surface area contributed by atoms with E-state index in [2.05, 4.69) is 11.2 Å². The van der Waals surface area contributed by atoms with E-state index in [0.717, 1.165) is 5.01 Å². The third kappa shape index (κ3) is 1.88. The standard InChI is InChI=1S/C9H12N2OS/c1-7-10-11(9(12)13-7)6-5-8-3-2-4-8/h5H,2-4,6H2,1H3. The first-order valence-corrected chi connectivity index (χ1v) is 5.30. The monoisotopic (exact) mass is 196 g/mol. The van der Waals surface area contributed by atoms with Crippen molar-refractivity contribution in [1.82, 2.24) is 9.78 Å². The van der Waals surface area contributed by atoms with Crippen LogP contribution in [0, 0.1) is 6.92 Å². The van der Waals surface area contributed by atoms with E-state index in [0.29, 0.717) is 6.54 Å². The molecule has 1 heterocycles. The van der Waals surface area contributed by atoms with Crippen LogP contribution >= 0.6 is 11.3 Å². The van der Waals surface area contributed by atoms with Crippen LogP contribution in [0.2, 0.25) is 0 Å². The summed E-state index contributed by atoms with van der Waals surface area (Å²) >= 11 is 1.21. The normalized spacial score (nSPS) is 15.6. The quantitative estimate of drug-likeness (QED) is 0.675. The molecule has 70 valence electrons. The molecular weight excluding hydrogens is 184 g/mol. The fourth-order valence-electron chi connectivity index (χ4n) is 1.33. The number of aryl methyl sites for hydroxylation is 1. The van der Waals surface area contributed by atoms with Crippen molar-refractivity contribution in [3.8, 4) is 0 Å². The molecule has 0 unspecified atom stereocenters. The van der Waals surface area contributed by atoms with Crippen LogP contribution in [0.1, 0.15) is 24.3 Å². The van der Waals surface area contributed by atoms with Gasteiger partial charge in [0.05, 0.1) is 6.54 Å². The Labute approximate surface area is 80.7 Å². The van der Waals surface area contributed by atoms with Crippen LogP contribution in [-0.4, -0.2) is 9.78 Å². The van der Waals surface area contributed by atoms with Crippen molar-refractivity contribution in [3.05, 3.63) is 26.3 Å². The number of rotatable bonds is 2. The van der Waals surface area contributed by atoms with Crippen LogP contribution in [0.4, 0.5) is 0 Å². The average Bonchev–Trinajstić information content (AvgIpc) is 2.27. The lowest BCUT2D eigenvalue weighted by Gasteiger charge is -2.15. The zero-order valence-corrected chi connectivity index (χ0v) is 8.43. The molecule has 0 bridgehead atoms. The van der Waals surface area contributed by atoms with Gasteiger partial charge in [0.1, 0.15) is 5.01 Å². The minimum absolute atomic E-state index is 0.0497. The largest absolute Gasteiger partial charge is 0.325 e. The van der Waals surface area contributed by atoms with E-state index in [4.69, 9.17) is 0 Å². The molecule has 1 fully saturated rings. The van der Waals surface area contributed by atoms with Gasteiger partial charge in [0.15, 0.2) is 0 Å². The van der Waals surface area contributed by atoms with Crippen LogP contribution < -0.4 is 4.87 Å². The zero-order valence-electron chi connectivity index (χ0n) is 7.62. The van der Waals surface area contributed by atoms with Crippen molar-refractivity contribution in [3.63, 3.8) is 0 Å². The molecule has 0 spiro atoms. The smallest absolute Gasteiger partial charge is 0.255 e. The summed E-state index contributed by atoms with van der Waals surface area (Å²) in [5.41, 5.74) is 1.47. The zero-order chi connectivity index (χ0) is 9.26. The number of aromatic nitrogens is 2. The summed E-state index contributed by atoms with van der Waals surface area (Å²) in [4.78, 5) is 11.3. The Bertz CT molecular complexity index is 383. The molecule has 0 N–H and O–H groups in total. The van der Waals surface area contributed by atoms with Gasteiger partial charge in [0.2, 0.25) is 0 Å². The molecule has 1 aromatic heterocycles. The molecule has 1 saturated carbocycles. The van der Waals surface area contributed by atoms with Gasteiger partial charge in [-0.2, -0.15) is 5.10 Å². The van der Waals surface area contributed by atoms with Crippen molar-refractivity contribution in [2.24, 2.45) is 0 Å². The first-order valence-electron chi connectivity index (χ1n) is 4.48. The highest BCUT2D eigenvalue weighted by molar-refractivity contribution is 7.08. The van der Waals surface area contributed by atoms with Gasteiger partial charge in [-0.25, -0.2) is 4.68 Å². The summed E-state index contributed by atoms with van der Waals surface area (Å²) in [6.45, 7) is 2.51. The number of nitrogens with zero attached hydrogens (tertiary/aromatic N) is 2. The van der Waals surface area contributed by atoms with E-state index in [1.54, 1.807) is 0 Å². The second-order valence-corrected chi connectivity index (χ2v) is 4.43. The summed E-state index contributed by atoms with van der Waals surface area (Å²) < 4.78 is 1.53. The Balaban J connectivity index is 2.09. The maximum atomic E-state index is 11.2. The lowest BCUT2D eigenvalue weighted by atomic mass is 9.92. The van der Waals surface area contributed by atoms with E-state index in [9.17, 15) is 4.79 Å². The summed E-state index contributed by atoms with van der Waals surface area (Å²) in [5, 5.41) is 4.96. The van der Waals surface area contributed by atoms with Gasteiger partial charge in [-0.3, -0.25) is 4.79 Å².